The van der Waals surface area contributed by atoms with Crippen molar-refractivity contribution in [2.24, 2.45) is 0 Å². The lowest BCUT2D eigenvalue weighted by atomic mass is 9.81. The second kappa shape index (κ2) is 14.1. The lowest BCUT2D eigenvalue weighted by Crippen LogP contribution is -1.95. The molecule has 17 rings (SSSR count). The van der Waals surface area contributed by atoms with Gasteiger partial charge in [0.2, 0.25) is 0 Å². The highest BCUT2D eigenvalue weighted by molar-refractivity contribution is 6.32. The zero-order chi connectivity index (χ0) is 46.8. The third-order valence-electron chi connectivity index (χ3n) is 16.4. The fraction of sp³-hybridized carbons (Fsp3) is 0. The highest BCUT2D eigenvalue weighted by atomic mass is 14.9. The molecule has 0 aliphatic heterocycles. The van der Waals surface area contributed by atoms with Crippen LogP contribution < -0.4 is 0 Å². The summed E-state index contributed by atoms with van der Waals surface area (Å²) in [6.07, 6.45) is 0. The van der Waals surface area contributed by atoms with Gasteiger partial charge in [-0.25, -0.2) is 0 Å². The van der Waals surface area contributed by atoms with Gasteiger partial charge in [-0.3, -0.25) is 0 Å². The van der Waals surface area contributed by atoms with E-state index in [0.29, 0.717) is 0 Å². The van der Waals surface area contributed by atoms with Crippen molar-refractivity contribution in [1.29, 1.82) is 0 Å². The van der Waals surface area contributed by atoms with Crippen LogP contribution in [0.1, 0.15) is 0 Å². The standard InChI is InChI=1S/C70H40N2/c1-2-18-41(19-3-1)64-46-22-4-6-24-48(46)65(49-25-7-5-23-47(49)64)66-50-28-12-26-42(52-30-14-34-56-58-36-16-32-54-44-20-8-10-38-62(44)71(67(52)56)69(54)58)60(50)40-61-43(27-13-29-51(61)66)53-31-15-35-57-59-37-17-33-55-45-21-9-11-39-63(45)72(68(53)57)70(55)59/h1-40H. The number of aromatic nitrogens is 2. The summed E-state index contributed by atoms with van der Waals surface area (Å²) in [4.78, 5) is 0. The highest BCUT2D eigenvalue weighted by Crippen LogP contribution is 2.52. The monoisotopic (exact) mass is 908 g/mol. The molecule has 0 fully saturated rings. The Labute approximate surface area is 413 Å². The average molecular weight is 909 g/mol. The van der Waals surface area contributed by atoms with Crippen LogP contribution in [-0.2, 0) is 0 Å². The molecule has 2 heteroatoms. The highest BCUT2D eigenvalue weighted by Gasteiger charge is 2.26. The summed E-state index contributed by atoms with van der Waals surface area (Å²) in [6, 6.07) is 91.2. The van der Waals surface area contributed by atoms with Crippen molar-refractivity contribution in [2.75, 3.05) is 0 Å². The molecule has 17 aromatic rings. The summed E-state index contributed by atoms with van der Waals surface area (Å²) in [5.74, 6) is 0. The SMILES string of the molecule is c1ccc(-c2c3ccccc3c(-c3c4cccc(-c5cccc6c7cccc8c9ccccc9n(c56)c87)c4cc4c(-c5cccc6c7cccc8c9ccccc9n(c56)c87)cccc34)c3ccccc23)cc1. The molecule has 72 heavy (non-hydrogen) atoms. The van der Waals surface area contributed by atoms with Gasteiger partial charge in [0.15, 0.2) is 0 Å². The van der Waals surface area contributed by atoms with Crippen molar-refractivity contribution >= 4 is 119 Å². The molecule has 4 heterocycles. The Morgan fingerprint density at radius 1 is 0.181 bits per heavy atom. The molecule has 0 radical (unpaired) electrons. The molecule has 0 N–H and O–H groups in total. The fourth-order valence-electron chi connectivity index (χ4n) is 13.6. The quantitative estimate of drug-likeness (QED) is 0.156. The first-order valence-corrected chi connectivity index (χ1v) is 25.1. The Morgan fingerprint density at radius 2 is 0.472 bits per heavy atom. The van der Waals surface area contributed by atoms with Crippen molar-refractivity contribution < 1.29 is 0 Å². The van der Waals surface area contributed by atoms with E-state index in [4.69, 9.17) is 0 Å². The molecule has 2 nitrogen and oxygen atoms in total. The maximum absolute atomic E-state index is 2.55. The number of fused-ring (bicyclic) bond motifs is 16. The van der Waals surface area contributed by atoms with E-state index in [0.717, 1.165) is 0 Å². The summed E-state index contributed by atoms with van der Waals surface area (Å²) >= 11 is 0. The molecule has 0 bridgehead atoms. The maximum Gasteiger partial charge on any atom is 0.0620 e. The largest absolute Gasteiger partial charge is 0.307 e. The van der Waals surface area contributed by atoms with Gasteiger partial charge in [-0.05, 0) is 94.7 Å². The molecule has 0 aliphatic rings. The topological polar surface area (TPSA) is 8.82 Å². The van der Waals surface area contributed by atoms with E-state index in [9.17, 15) is 0 Å². The molecular weight excluding hydrogens is 869 g/mol. The van der Waals surface area contributed by atoms with Crippen LogP contribution in [0.3, 0.4) is 0 Å². The molecule has 0 spiro atoms. The first-order valence-electron chi connectivity index (χ1n) is 25.1. The van der Waals surface area contributed by atoms with E-state index >= 15 is 0 Å². The number of benzene rings is 13. The van der Waals surface area contributed by atoms with Crippen molar-refractivity contribution in [2.45, 2.75) is 0 Å². The Bertz CT molecular complexity index is 4850. The second-order valence-corrected chi connectivity index (χ2v) is 19.8. The van der Waals surface area contributed by atoms with Crippen LogP contribution in [0.2, 0.25) is 0 Å². The van der Waals surface area contributed by atoms with E-state index in [1.165, 1.54) is 164 Å². The molecule has 0 saturated carbocycles. The first-order chi connectivity index (χ1) is 35.8. The van der Waals surface area contributed by atoms with Gasteiger partial charge in [0, 0.05) is 54.2 Å². The van der Waals surface area contributed by atoms with Gasteiger partial charge in [0.1, 0.15) is 0 Å². The Morgan fingerprint density at radius 3 is 0.917 bits per heavy atom. The molecule has 0 saturated heterocycles. The third kappa shape index (κ3) is 4.83. The van der Waals surface area contributed by atoms with Gasteiger partial charge < -0.3 is 8.80 Å². The molecule has 13 aromatic carbocycles. The Hall–Kier alpha value is -9.50. The van der Waals surface area contributed by atoms with Crippen molar-refractivity contribution in [3.8, 4) is 44.5 Å². The van der Waals surface area contributed by atoms with Crippen molar-refractivity contribution in [3.63, 3.8) is 0 Å². The minimum absolute atomic E-state index is 1.22. The van der Waals surface area contributed by atoms with Crippen LogP contribution in [0, 0.1) is 0 Å². The number of hydrogen-bond donors (Lipinski definition) is 0. The second-order valence-electron chi connectivity index (χ2n) is 19.8. The molecule has 0 amide bonds. The number of hydrogen-bond acceptors (Lipinski definition) is 0. The predicted molar refractivity (Wildman–Crippen MR) is 308 cm³/mol. The van der Waals surface area contributed by atoms with Crippen LogP contribution >= 0.6 is 0 Å². The molecule has 0 unspecified atom stereocenters. The Kier molecular flexibility index (Phi) is 7.49. The predicted octanol–water partition coefficient (Wildman–Crippen LogP) is 19.3. The van der Waals surface area contributed by atoms with Gasteiger partial charge in [-0.15, -0.1) is 0 Å². The smallest absolute Gasteiger partial charge is 0.0620 e. The van der Waals surface area contributed by atoms with E-state index < -0.39 is 0 Å². The number of para-hydroxylation sites is 6. The minimum atomic E-state index is 1.22. The molecular formula is C70H40N2. The molecule has 330 valence electrons. The van der Waals surface area contributed by atoms with Crippen molar-refractivity contribution in [1.82, 2.24) is 8.80 Å². The van der Waals surface area contributed by atoms with E-state index in [1.54, 1.807) is 0 Å². The summed E-state index contributed by atoms with van der Waals surface area (Å²) in [5, 5.41) is 20.2. The van der Waals surface area contributed by atoms with Gasteiger partial charge in [-0.1, -0.05) is 224 Å². The summed E-state index contributed by atoms with van der Waals surface area (Å²) < 4.78 is 5.10. The summed E-state index contributed by atoms with van der Waals surface area (Å²) in [6.45, 7) is 0. The zero-order valence-corrected chi connectivity index (χ0v) is 39.0. The normalized spacial score (nSPS) is 12.4. The summed E-state index contributed by atoms with van der Waals surface area (Å²) in [5.41, 5.74) is 17.5. The molecule has 0 atom stereocenters. The molecule has 4 aromatic heterocycles. The lowest BCUT2D eigenvalue weighted by molar-refractivity contribution is 1.37. The third-order valence-corrected chi connectivity index (χ3v) is 16.4. The molecule has 0 aliphatic carbocycles. The average Bonchev–Trinajstić information content (AvgIpc) is 4.18. The summed E-state index contributed by atoms with van der Waals surface area (Å²) in [7, 11) is 0. The van der Waals surface area contributed by atoms with Crippen LogP contribution in [0.15, 0.2) is 243 Å². The fourth-order valence-corrected chi connectivity index (χ4v) is 13.6. The van der Waals surface area contributed by atoms with Gasteiger partial charge in [-0.2, -0.15) is 0 Å². The first kappa shape index (κ1) is 38.4. The van der Waals surface area contributed by atoms with Gasteiger partial charge in [0.25, 0.3) is 0 Å². The van der Waals surface area contributed by atoms with Crippen LogP contribution in [-0.4, -0.2) is 8.80 Å². The minimum Gasteiger partial charge on any atom is -0.307 e. The van der Waals surface area contributed by atoms with Crippen LogP contribution in [0.4, 0.5) is 0 Å². The van der Waals surface area contributed by atoms with Gasteiger partial charge in [0.05, 0.1) is 33.1 Å². The van der Waals surface area contributed by atoms with Gasteiger partial charge >= 0.3 is 0 Å². The lowest BCUT2D eigenvalue weighted by Gasteiger charge is -2.22. The van der Waals surface area contributed by atoms with Crippen LogP contribution in [0.5, 0.6) is 0 Å². The van der Waals surface area contributed by atoms with E-state index in [1.807, 2.05) is 0 Å². The van der Waals surface area contributed by atoms with E-state index in [-0.39, 0.29) is 0 Å². The van der Waals surface area contributed by atoms with Crippen LogP contribution in [0.25, 0.3) is 164 Å². The maximum atomic E-state index is 2.55. The number of rotatable bonds is 4. The Balaban J connectivity index is 1.07. The number of nitrogens with zero attached hydrogens (tertiary/aromatic N) is 2. The van der Waals surface area contributed by atoms with E-state index in [2.05, 4.69) is 251 Å². The van der Waals surface area contributed by atoms with Crippen molar-refractivity contribution in [3.05, 3.63) is 243 Å². The zero-order valence-electron chi connectivity index (χ0n) is 39.0.